The molecule has 0 saturated carbocycles. The Hall–Kier alpha value is -0.420. The van der Waals surface area contributed by atoms with Crippen molar-refractivity contribution in [2.45, 2.75) is 12.5 Å². The lowest BCUT2D eigenvalue weighted by Crippen LogP contribution is -2.14. The Bertz CT molecular complexity index is 529. The fourth-order valence-electron chi connectivity index (χ4n) is 1.59. The maximum Gasteiger partial charge on any atom is 0.128 e. The third kappa shape index (κ3) is 3.28. The van der Waals surface area contributed by atoms with E-state index in [0.717, 1.165) is 9.35 Å². The molecule has 0 bridgehead atoms. The zero-order valence-electron chi connectivity index (χ0n) is 8.79. The highest BCUT2D eigenvalue weighted by Crippen LogP contribution is 2.26. The van der Waals surface area contributed by atoms with Gasteiger partial charge in [0.2, 0.25) is 0 Å². The van der Waals surface area contributed by atoms with E-state index in [2.05, 4.69) is 15.9 Å². The van der Waals surface area contributed by atoms with Crippen LogP contribution in [0.5, 0.6) is 0 Å². The summed E-state index contributed by atoms with van der Waals surface area (Å²) < 4.78 is 14.6. The standard InChI is InChI=1S/C12H10BrClFNS/c13-7-3-9(17-6-7)5-12(16)10-4-8(14)1-2-11(10)15/h1-4,6,12H,5,16H2. The van der Waals surface area contributed by atoms with Crippen LogP contribution in [-0.4, -0.2) is 0 Å². The minimum Gasteiger partial charge on any atom is -0.324 e. The van der Waals surface area contributed by atoms with Crippen LogP contribution in [0.3, 0.4) is 0 Å². The van der Waals surface area contributed by atoms with Gasteiger partial charge in [-0.3, -0.25) is 0 Å². The molecule has 90 valence electrons. The van der Waals surface area contributed by atoms with Gasteiger partial charge >= 0.3 is 0 Å². The minimum atomic E-state index is -0.376. The summed E-state index contributed by atoms with van der Waals surface area (Å²) in [7, 11) is 0. The van der Waals surface area contributed by atoms with Crippen molar-refractivity contribution in [3.63, 3.8) is 0 Å². The number of rotatable bonds is 3. The van der Waals surface area contributed by atoms with Crippen LogP contribution in [0.1, 0.15) is 16.5 Å². The van der Waals surface area contributed by atoms with Gasteiger partial charge < -0.3 is 5.73 Å². The first kappa shape index (κ1) is 13.0. The van der Waals surface area contributed by atoms with Crippen LogP contribution in [0, 0.1) is 5.82 Å². The molecule has 1 atom stereocenters. The largest absolute Gasteiger partial charge is 0.324 e. The molecule has 0 fully saturated rings. The summed E-state index contributed by atoms with van der Waals surface area (Å²) in [6.45, 7) is 0. The molecular weight excluding hydrogens is 325 g/mol. The van der Waals surface area contributed by atoms with E-state index in [1.165, 1.54) is 12.1 Å². The molecule has 1 nitrogen and oxygen atoms in total. The van der Waals surface area contributed by atoms with Crippen LogP contribution < -0.4 is 5.73 Å². The Morgan fingerprint density at radius 3 is 2.82 bits per heavy atom. The fraction of sp³-hybridized carbons (Fsp3) is 0.167. The van der Waals surface area contributed by atoms with Crippen molar-refractivity contribution in [1.29, 1.82) is 0 Å². The van der Waals surface area contributed by atoms with Gasteiger partial charge in [-0.15, -0.1) is 11.3 Å². The monoisotopic (exact) mass is 333 g/mol. The van der Waals surface area contributed by atoms with Crippen molar-refractivity contribution < 1.29 is 4.39 Å². The van der Waals surface area contributed by atoms with Gasteiger partial charge in [0.15, 0.2) is 0 Å². The number of nitrogens with two attached hydrogens (primary N) is 1. The maximum absolute atomic E-state index is 13.6. The topological polar surface area (TPSA) is 26.0 Å². The molecule has 2 rings (SSSR count). The Morgan fingerprint density at radius 1 is 1.41 bits per heavy atom. The summed E-state index contributed by atoms with van der Waals surface area (Å²) in [6.07, 6.45) is 0.605. The maximum atomic E-state index is 13.6. The van der Waals surface area contributed by atoms with Gasteiger partial charge in [-0.2, -0.15) is 0 Å². The SMILES string of the molecule is NC(Cc1cc(Br)cs1)c1cc(Cl)ccc1F. The van der Waals surface area contributed by atoms with Gasteiger partial charge in [0.05, 0.1) is 0 Å². The van der Waals surface area contributed by atoms with Crippen molar-refractivity contribution in [3.8, 4) is 0 Å². The quantitative estimate of drug-likeness (QED) is 0.876. The van der Waals surface area contributed by atoms with E-state index in [-0.39, 0.29) is 11.9 Å². The van der Waals surface area contributed by atoms with Crippen LogP contribution in [0.2, 0.25) is 5.02 Å². The van der Waals surface area contributed by atoms with Gasteiger partial charge in [-0.05, 0) is 40.2 Å². The van der Waals surface area contributed by atoms with E-state index in [1.807, 2.05) is 11.4 Å². The Labute approximate surface area is 117 Å². The third-order valence-corrected chi connectivity index (χ3v) is 4.36. The van der Waals surface area contributed by atoms with E-state index in [9.17, 15) is 4.39 Å². The van der Waals surface area contributed by atoms with Crippen LogP contribution >= 0.6 is 38.9 Å². The Kier molecular flexibility index (Phi) is 4.20. The first-order valence-corrected chi connectivity index (χ1v) is 7.05. The summed E-state index contributed by atoms with van der Waals surface area (Å²) in [5.74, 6) is -0.308. The zero-order valence-corrected chi connectivity index (χ0v) is 11.9. The van der Waals surface area contributed by atoms with Crippen molar-refractivity contribution in [1.82, 2.24) is 0 Å². The summed E-state index contributed by atoms with van der Waals surface area (Å²) in [4.78, 5) is 1.11. The molecule has 1 aromatic heterocycles. The first-order chi connectivity index (χ1) is 8.06. The highest BCUT2D eigenvalue weighted by molar-refractivity contribution is 9.10. The van der Waals surface area contributed by atoms with Crippen LogP contribution in [0.4, 0.5) is 4.39 Å². The van der Waals surface area contributed by atoms with Crippen molar-refractivity contribution in [3.05, 3.63) is 55.4 Å². The second kappa shape index (κ2) is 5.48. The minimum absolute atomic E-state index is 0.308. The molecule has 0 aliphatic carbocycles. The van der Waals surface area contributed by atoms with E-state index in [1.54, 1.807) is 17.4 Å². The normalized spacial score (nSPS) is 12.7. The van der Waals surface area contributed by atoms with Crippen molar-refractivity contribution in [2.75, 3.05) is 0 Å². The molecule has 5 heteroatoms. The molecule has 1 aromatic carbocycles. The van der Waals surface area contributed by atoms with Gasteiger partial charge in [0.25, 0.3) is 0 Å². The molecule has 0 aliphatic heterocycles. The molecule has 17 heavy (non-hydrogen) atoms. The zero-order chi connectivity index (χ0) is 12.4. The second-order valence-electron chi connectivity index (χ2n) is 3.71. The van der Waals surface area contributed by atoms with E-state index in [4.69, 9.17) is 17.3 Å². The number of hydrogen-bond acceptors (Lipinski definition) is 2. The smallest absolute Gasteiger partial charge is 0.128 e. The highest BCUT2D eigenvalue weighted by atomic mass is 79.9. The lowest BCUT2D eigenvalue weighted by atomic mass is 10.0. The number of halogens is 3. The summed E-state index contributed by atoms with van der Waals surface area (Å²) in [5.41, 5.74) is 6.46. The Balaban J connectivity index is 2.19. The number of benzene rings is 1. The van der Waals surface area contributed by atoms with Crippen molar-refractivity contribution >= 4 is 38.9 Å². The van der Waals surface area contributed by atoms with E-state index < -0.39 is 0 Å². The predicted molar refractivity (Wildman–Crippen MR) is 74.1 cm³/mol. The molecule has 0 radical (unpaired) electrons. The van der Waals surface area contributed by atoms with Gasteiger partial charge in [-0.25, -0.2) is 4.39 Å². The second-order valence-corrected chi connectivity index (χ2v) is 6.06. The average molecular weight is 335 g/mol. The summed E-state index contributed by atoms with van der Waals surface area (Å²) in [5, 5.41) is 2.49. The number of hydrogen-bond donors (Lipinski definition) is 1. The first-order valence-electron chi connectivity index (χ1n) is 4.99. The molecule has 0 amide bonds. The Morgan fingerprint density at radius 2 is 2.18 bits per heavy atom. The molecule has 0 saturated heterocycles. The third-order valence-electron chi connectivity index (χ3n) is 2.40. The van der Waals surface area contributed by atoms with Gasteiger partial charge in [0.1, 0.15) is 5.82 Å². The molecular formula is C12H10BrClFNS. The van der Waals surface area contributed by atoms with Crippen LogP contribution in [0.15, 0.2) is 34.1 Å². The highest BCUT2D eigenvalue weighted by Gasteiger charge is 2.13. The molecule has 0 aliphatic rings. The van der Waals surface area contributed by atoms with Crippen LogP contribution in [-0.2, 0) is 6.42 Å². The molecule has 1 unspecified atom stereocenters. The molecule has 2 aromatic rings. The molecule has 0 spiro atoms. The van der Waals surface area contributed by atoms with E-state index >= 15 is 0 Å². The summed E-state index contributed by atoms with van der Waals surface area (Å²) >= 11 is 10.8. The number of thiophene rings is 1. The van der Waals surface area contributed by atoms with E-state index in [0.29, 0.717) is 17.0 Å². The predicted octanol–water partition coefficient (Wildman–Crippen LogP) is 4.55. The lowest BCUT2D eigenvalue weighted by Gasteiger charge is -2.12. The van der Waals surface area contributed by atoms with Crippen LogP contribution in [0.25, 0.3) is 0 Å². The van der Waals surface area contributed by atoms with Crippen molar-refractivity contribution in [2.24, 2.45) is 5.73 Å². The summed E-state index contributed by atoms with van der Waals surface area (Å²) in [6, 6.07) is 6.08. The van der Waals surface area contributed by atoms with Gasteiger partial charge in [0, 0.05) is 37.8 Å². The van der Waals surface area contributed by atoms with Gasteiger partial charge in [-0.1, -0.05) is 11.6 Å². The molecule has 1 heterocycles. The lowest BCUT2D eigenvalue weighted by molar-refractivity contribution is 0.581. The fourth-order valence-corrected chi connectivity index (χ4v) is 3.28. The molecule has 2 N–H and O–H groups in total. The average Bonchev–Trinajstić information content (AvgIpc) is 2.67.